The first-order chi connectivity index (χ1) is 14.4. The molecule has 2 aromatic carbocycles. The van der Waals surface area contributed by atoms with Crippen molar-refractivity contribution in [1.29, 1.82) is 0 Å². The number of ether oxygens (including phenoxy) is 1. The van der Waals surface area contributed by atoms with Gasteiger partial charge in [0.05, 0.1) is 12.0 Å². The molecule has 0 fully saturated rings. The van der Waals surface area contributed by atoms with E-state index in [9.17, 15) is 13.2 Å². The summed E-state index contributed by atoms with van der Waals surface area (Å²) >= 11 is 0. The van der Waals surface area contributed by atoms with Crippen LogP contribution in [0.4, 0.5) is 0 Å². The van der Waals surface area contributed by atoms with E-state index in [2.05, 4.69) is 16.4 Å². The molecule has 1 unspecified atom stereocenters. The van der Waals surface area contributed by atoms with Gasteiger partial charge >= 0.3 is 5.97 Å². The van der Waals surface area contributed by atoms with E-state index < -0.39 is 10.0 Å². The molecule has 0 spiro atoms. The van der Waals surface area contributed by atoms with Gasteiger partial charge in [0.25, 0.3) is 0 Å². The molecule has 2 aromatic rings. The summed E-state index contributed by atoms with van der Waals surface area (Å²) < 4.78 is 33.4. The lowest BCUT2D eigenvalue weighted by molar-refractivity contribution is -0.140. The summed E-state index contributed by atoms with van der Waals surface area (Å²) in [4.78, 5) is 11.5. The minimum atomic E-state index is -3.60. The van der Waals surface area contributed by atoms with E-state index >= 15 is 0 Å². The number of carbonyl (C=O) groups excluding carboxylic acids is 1. The van der Waals surface area contributed by atoms with Crippen molar-refractivity contribution in [1.82, 2.24) is 4.72 Å². The van der Waals surface area contributed by atoms with Gasteiger partial charge in [-0.05, 0) is 49.4 Å². The molecule has 0 aromatic heterocycles. The summed E-state index contributed by atoms with van der Waals surface area (Å²) in [6.07, 6.45) is 5.76. The average molecular weight is 432 g/mol. The van der Waals surface area contributed by atoms with Crippen molar-refractivity contribution in [3.8, 4) is 0 Å². The number of sulfonamides is 1. The maximum atomic E-state index is 12.9. The Kier molecular flexibility index (Phi) is 9.53. The van der Waals surface area contributed by atoms with Crippen molar-refractivity contribution in [3.05, 3.63) is 65.2 Å². The zero-order valence-corrected chi connectivity index (χ0v) is 19.0. The van der Waals surface area contributed by atoms with Crippen LogP contribution in [-0.4, -0.2) is 21.5 Å². The number of nitrogens with one attached hydrogen (secondary N) is 1. The van der Waals surface area contributed by atoms with Crippen molar-refractivity contribution < 1.29 is 17.9 Å². The van der Waals surface area contributed by atoms with Gasteiger partial charge in [-0.3, -0.25) is 4.79 Å². The van der Waals surface area contributed by atoms with Crippen molar-refractivity contribution in [2.45, 2.75) is 69.7 Å². The second-order valence-electron chi connectivity index (χ2n) is 7.65. The number of hydrogen-bond donors (Lipinski definition) is 1. The number of unbranched alkanes of at least 4 members (excludes halogenated alkanes) is 2. The van der Waals surface area contributed by atoms with Gasteiger partial charge in [-0.25, -0.2) is 13.1 Å². The molecular formula is C24H33NO4S. The Balaban J connectivity index is 2.11. The SMILES string of the molecule is CCCCCC(NS(=O)(=O)c1ccc(C)cc1)c1ccc(CCCC(=O)OC)cc1. The third-order valence-electron chi connectivity index (χ3n) is 5.18. The number of rotatable bonds is 12. The van der Waals surface area contributed by atoms with Gasteiger partial charge in [0, 0.05) is 12.5 Å². The number of methoxy groups -OCH3 is 1. The monoisotopic (exact) mass is 431 g/mol. The number of aryl methyl sites for hydroxylation is 2. The smallest absolute Gasteiger partial charge is 0.305 e. The van der Waals surface area contributed by atoms with Crippen molar-refractivity contribution in [3.63, 3.8) is 0 Å². The molecule has 0 saturated heterocycles. The number of esters is 1. The highest BCUT2D eigenvalue weighted by Crippen LogP contribution is 2.24. The molecule has 2 rings (SSSR count). The van der Waals surface area contributed by atoms with Crippen molar-refractivity contribution in [2.75, 3.05) is 7.11 Å². The first-order valence-corrected chi connectivity index (χ1v) is 12.1. The lowest BCUT2D eigenvalue weighted by Crippen LogP contribution is -2.28. The molecule has 6 heteroatoms. The Labute approximate surface area is 180 Å². The minimum Gasteiger partial charge on any atom is -0.469 e. The second-order valence-corrected chi connectivity index (χ2v) is 9.37. The van der Waals surface area contributed by atoms with E-state index in [-0.39, 0.29) is 16.9 Å². The van der Waals surface area contributed by atoms with Gasteiger partial charge in [-0.2, -0.15) is 0 Å². The predicted molar refractivity (Wildman–Crippen MR) is 120 cm³/mol. The maximum absolute atomic E-state index is 12.9. The molecular weight excluding hydrogens is 398 g/mol. The third kappa shape index (κ3) is 7.58. The van der Waals surface area contributed by atoms with E-state index in [4.69, 9.17) is 0 Å². The molecule has 0 aliphatic rings. The fourth-order valence-corrected chi connectivity index (χ4v) is 4.58. The molecule has 1 atom stereocenters. The van der Waals surface area contributed by atoms with Crippen LogP contribution in [0.5, 0.6) is 0 Å². The van der Waals surface area contributed by atoms with E-state index in [1.54, 1.807) is 12.1 Å². The summed E-state index contributed by atoms with van der Waals surface area (Å²) in [6.45, 7) is 4.07. The predicted octanol–water partition coefficient (Wildman–Crippen LogP) is 5.09. The zero-order chi connectivity index (χ0) is 22.0. The molecule has 1 N–H and O–H groups in total. The van der Waals surface area contributed by atoms with Crippen LogP contribution in [0.1, 0.15) is 68.2 Å². The molecule has 0 amide bonds. The largest absolute Gasteiger partial charge is 0.469 e. The molecule has 5 nitrogen and oxygen atoms in total. The Hall–Kier alpha value is -2.18. The van der Waals surface area contributed by atoms with Gasteiger partial charge in [-0.1, -0.05) is 68.1 Å². The van der Waals surface area contributed by atoms with Crippen LogP contribution in [-0.2, 0) is 26.0 Å². The van der Waals surface area contributed by atoms with E-state index in [0.717, 1.165) is 55.2 Å². The van der Waals surface area contributed by atoms with Crippen LogP contribution in [0.2, 0.25) is 0 Å². The Bertz CT molecular complexity index is 890. The molecule has 164 valence electrons. The summed E-state index contributed by atoms with van der Waals surface area (Å²) in [5.74, 6) is -0.201. The highest BCUT2D eigenvalue weighted by molar-refractivity contribution is 7.89. The highest BCUT2D eigenvalue weighted by atomic mass is 32.2. The normalized spacial score (nSPS) is 12.5. The molecule has 0 heterocycles. The lowest BCUT2D eigenvalue weighted by atomic mass is 9.99. The fourth-order valence-electron chi connectivity index (χ4n) is 3.32. The number of hydrogen-bond acceptors (Lipinski definition) is 4. The molecule has 0 bridgehead atoms. The van der Waals surface area contributed by atoms with Gasteiger partial charge in [0.2, 0.25) is 10.0 Å². The Morgan fingerprint density at radius 2 is 1.67 bits per heavy atom. The second kappa shape index (κ2) is 11.9. The lowest BCUT2D eigenvalue weighted by Gasteiger charge is -2.20. The topological polar surface area (TPSA) is 72.5 Å². The first-order valence-electron chi connectivity index (χ1n) is 10.6. The van der Waals surface area contributed by atoms with Crippen molar-refractivity contribution in [2.24, 2.45) is 0 Å². The van der Waals surface area contributed by atoms with Gasteiger partial charge in [0.1, 0.15) is 0 Å². The van der Waals surface area contributed by atoms with Crippen LogP contribution < -0.4 is 4.72 Å². The Morgan fingerprint density at radius 1 is 1.00 bits per heavy atom. The zero-order valence-electron chi connectivity index (χ0n) is 18.2. The summed E-state index contributed by atoms with van der Waals surface area (Å²) in [7, 11) is -2.20. The Morgan fingerprint density at radius 3 is 2.27 bits per heavy atom. The molecule has 0 saturated carbocycles. The van der Waals surface area contributed by atoms with Crippen LogP contribution in [0, 0.1) is 6.92 Å². The van der Waals surface area contributed by atoms with Gasteiger partial charge < -0.3 is 4.74 Å². The van der Waals surface area contributed by atoms with Crippen LogP contribution in [0.15, 0.2) is 53.4 Å². The van der Waals surface area contributed by atoms with E-state index in [0.29, 0.717) is 6.42 Å². The van der Waals surface area contributed by atoms with Crippen LogP contribution >= 0.6 is 0 Å². The maximum Gasteiger partial charge on any atom is 0.305 e. The molecule has 0 radical (unpaired) electrons. The van der Waals surface area contributed by atoms with Gasteiger partial charge in [-0.15, -0.1) is 0 Å². The quantitative estimate of drug-likeness (QED) is 0.375. The molecule has 0 aliphatic heterocycles. The van der Waals surface area contributed by atoms with E-state index in [1.165, 1.54) is 7.11 Å². The van der Waals surface area contributed by atoms with Crippen LogP contribution in [0.3, 0.4) is 0 Å². The summed E-state index contributed by atoms with van der Waals surface area (Å²) in [5, 5.41) is 0. The molecule has 0 aliphatic carbocycles. The average Bonchev–Trinajstić information content (AvgIpc) is 2.74. The standard InChI is InChI=1S/C24H33NO4S/c1-4-5-6-9-23(25-30(27,28)22-17-11-19(2)12-18-22)21-15-13-20(14-16-21)8-7-10-24(26)29-3/h11-18,23,25H,4-10H2,1-3H3. The third-order valence-corrected chi connectivity index (χ3v) is 6.67. The van der Waals surface area contributed by atoms with E-state index in [1.807, 2.05) is 43.3 Å². The highest BCUT2D eigenvalue weighted by Gasteiger charge is 2.21. The molecule has 30 heavy (non-hydrogen) atoms. The fraction of sp³-hybridized carbons (Fsp3) is 0.458. The number of benzene rings is 2. The summed E-state index contributed by atoms with van der Waals surface area (Å²) in [5.41, 5.74) is 3.10. The number of carbonyl (C=O) groups is 1. The van der Waals surface area contributed by atoms with Crippen LogP contribution in [0.25, 0.3) is 0 Å². The summed E-state index contributed by atoms with van der Waals surface area (Å²) in [6, 6.07) is 14.6. The van der Waals surface area contributed by atoms with Gasteiger partial charge in [0.15, 0.2) is 0 Å². The van der Waals surface area contributed by atoms with Crippen molar-refractivity contribution >= 4 is 16.0 Å². The minimum absolute atomic E-state index is 0.201. The first kappa shape index (κ1) is 24.1.